The van der Waals surface area contributed by atoms with Crippen LogP contribution in [0.1, 0.15) is 32.6 Å². The van der Waals surface area contributed by atoms with Gasteiger partial charge in [0.05, 0.1) is 6.61 Å². The average molecular weight is 265 g/mol. The molecule has 4 nitrogen and oxygen atoms in total. The van der Waals surface area contributed by atoms with Crippen molar-refractivity contribution in [2.24, 2.45) is 17.6 Å². The molecule has 1 atom stereocenters. The van der Waals surface area contributed by atoms with Crippen molar-refractivity contribution in [2.45, 2.75) is 38.6 Å². The van der Waals surface area contributed by atoms with Crippen LogP contribution in [0.15, 0.2) is 0 Å². The number of ether oxygens (including phenoxy) is 1. The van der Waals surface area contributed by atoms with Crippen molar-refractivity contribution in [1.82, 2.24) is 5.32 Å². The van der Waals surface area contributed by atoms with E-state index in [-0.39, 0.29) is 24.2 Å². The largest absolute Gasteiger partial charge is 0.383 e. The summed E-state index contributed by atoms with van der Waals surface area (Å²) in [5.41, 5.74) is 5.30. The minimum atomic E-state index is -0.126. The Hall–Kier alpha value is -0.320. The topological polar surface area (TPSA) is 64.3 Å². The third kappa shape index (κ3) is 6.24. The zero-order valence-electron chi connectivity index (χ0n) is 10.8. The lowest BCUT2D eigenvalue weighted by Gasteiger charge is -2.27. The lowest BCUT2D eigenvalue weighted by atomic mass is 9.81. The first-order valence-electron chi connectivity index (χ1n) is 6.15. The van der Waals surface area contributed by atoms with Gasteiger partial charge in [-0.1, -0.05) is 0 Å². The van der Waals surface area contributed by atoms with Gasteiger partial charge >= 0.3 is 0 Å². The van der Waals surface area contributed by atoms with Crippen LogP contribution in [0, 0.1) is 11.8 Å². The highest BCUT2D eigenvalue weighted by Gasteiger charge is 2.24. The maximum atomic E-state index is 11.0. The van der Waals surface area contributed by atoms with Gasteiger partial charge in [0.2, 0.25) is 5.91 Å². The van der Waals surface area contributed by atoms with Crippen LogP contribution in [-0.4, -0.2) is 32.2 Å². The Labute approximate surface area is 110 Å². The van der Waals surface area contributed by atoms with E-state index in [1.165, 1.54) is 0 Å². The van der Waals surface area contributed by atoms with Gasteiger partial charge in [0, 0.05) is 19.1 Å². The van der Waals surface area contributed by atoms with Crippen LogP contribution in [0.2, 0.25) is 0 Å². The fourth-order valence-corrected chi connectivity index (χ4v) is 2.33. The highest BCUT2D eigenvalue weighted by molar-refractivity contribution is 5.85. The molecule has 17 heavy (non-hydrogen) atoms. The van der Waals surface area contributed by atoms with Crippen LogP contribution < -0.4 is 11.1 Å². The predicted octanol–water partition coefficient (Wildman–Crippen LogP) is 1.32. The molecule has 1 rings (SSSR count). The molecule has 1 saturated carbocycles. The summed E-state index contributed by atoms with van der Waals surface area (Å²) in [6.07, 6.45) is 4.14. The normalized spacial score (nSPS) is 26.0. The van der Waals surface area contributed by atoms with Crippen LogP contribution in [-0.2, 0) is 9.53 Å². The Kier molecular flexibility index (Phi) is 8.56. The number of methoxy groups -OCH3 is 1. The van der Waals surface area contributed by atoms with Gasteiger partial charge in [-0.15, -0.1) is 12.4 Å². The fraction of sp³-hybridized carbons (Fsp3) is 0.917. The first-order chi connectivity index (χ1) is 7.63. The van der Waals surface area contributed by atoms with Crippen molar-refractivity contribution >= 4 is 18.3 Å². The minimum Gasteiger partial charge on any atom is -0.383 e. The van der Waals surface area contributed by atoms with E-state index < -0.39 is 0 Å². The molecule has 1 amide bonds. The molecule has 0 radical (unpaired) electrons. The van der Waals surface area contributed by atoms with Gasteiger partial charge in [0.1, 0.15) is 0 Å². The second kappa shape index (κ2) is 8.72. The molecule has 1 aliphatic carbocycles. The quantitative estimate of drug-likeness (QED) is 0.761. The molecule has 102 valence electrons. The van der Waals surface area contributed by atoms with Crippen LogP contribution >= 0.6 is 12.4 Å². The Balaban J connectivity index is 0.00000256. The minimum absolute atomic E-state index is 0. The molecule has 1 aliphatic rings. The molecule has 1 fully saturated rings. The Morgan fingerprint density at radius 2 is 2.00 bits per heavy atom. The Bertz CT molecular complexity index is 219. The smallest absolute Gasteiger partial charge is 0.220 e. The molecule has 0 bridgehead atoms. The number of nitrogens with one attached hydrogen (secondary N) is 1. The number of hydrogen-bond acceptors (Lipinski definition) is 3. The molecule has 0 saturated heterocycles. The number of halogens is 1. The summed E-state index contributed by atoms with van der Waals surface area (Å²) in [5.74, 6) is 0.682. The van der Waals surface area contributed by atoms with E-state index in [2.05, 4.69) is 12.2 Å². The van der Waals surface area contributed by atoms with Crippen LogP contribution in [0.5, 0.6) is 0 Å². The molecule has 0 aromatic rings. The lowest BCUT2D eigenvalue weighted by molar-refractivity contribution is -0.122. The van der Waals surface area contributed by atoms with Crippen molar-refractivity contribution in [3.63, 3.8) is 0 Å². The molecule has 0 aromatic carbocycles. The molecule has 0 spiro atoms. The van der Waals surface area contributed by atoms with E-state index in [0.29, 0.717) is 12.0 Å². The van der Waals surface area contributed by atoms with Gasteiger partial charge in [-0.05, 0) is 45.1 Å². The summed E-state index contributed by atoms with van der Waals surface area (Å²) in [6, 6.07) is 0.402. The van der Waals surface area contributed by atoms with E-state index in [1.807, 2.05) is 0 Å². The molecule has 0 aromatic heterocycles. The van der Waals surface area contributed by atoms with E-state index in [4.69, 9.17) is 10.5 Å². The van der Waals surface area contributed by atoms with Gasteiger partial charge in [-0.3, -0.25) is 4.79 Å². The SMILES string of the molecule is COCC(C)NCC1CCC(C(N)=O)CC1.Cl. The summed E-state index contributed by atoms with van der Waals surface area (Å²) >= 11 is 0. The van der Waals surface area contributed by atoms with Crippen molar-refractivity contribution in [1.29, 1.82) is 0 Å². The summed E-state index contributed by atoms with van der Waals surface area (Å²) in [5, 5.41) is 3.46. The van der Waals surface area contributed by atoms with Gasteiger partial charge in [0.15, 0.2) is 0 Å². The first-order valence-corrected chi connectivity index (χ1v) is 6.15. The van der Waals surface area contributed by atoms with E-state index in [9.17, 15) is 4.79 Å². The molecular weight excluding hydrogens is 240 g/mol. The van der Waals surface area contributed by atoms with Gasteiger partial charge in [-0.2, -0.15) is 0 Å². The summed E-state index contributed by atoms with van der Waals surface area (Å²) in [6.45, 7) is 3.89. The molecule has 0 aliphatic heterocycles. The number of nitrogens with two attached hydrogens (primary N) is 1. The molecule has 0 heterocycles. The third-order valence-corrected chi connectivity index (χ3v) is 3.42. The van der Waals surface area contributed by atoms with Crippen molar-refractivity contribution < 1.29 is 9.53 Å². The third-order valence-electron chi connectivity index (χ3n) is 3.42. The maximum Gasteiger partial charge on any atom is 0.220 e. The maximum absolute atomic E-state index is 11.0. The second-order valence-electron chi connectivity index (χ2n) is 4.88. The number of amides is 1. The zero-order valence-corrected chi connectivity index (χ0v) is 11.6. The summed E-state index contributed by atoms with van der Waals surface area (Å²) in [7, 11) is 1.72. The zero-order chi connectivity index (χ0) is 12.0. The van der Waals surface area contributed by atoms with Crippen LogP contribution in [0.3, 0.4) is 0 Å². The molecule has 1 unspecified atom stereocenters. The molecular formula is C12H25ClN2O2. The Morgan fingerprint density at radius 3 is 2.47 bits per heavy atom. The van der Waals surface area contributed by atoms with Crippen molar-refractivity contribution in [3.8, 4) is 0 Å². The number of hydrogen-bond donors (Lipinski definition) is 2. The summed E-state index contributed by atoms with van der Waals surface area (Å²) < 4.78 is 5.07. The monoisotopic (exact) mass is 264 g/mol. The van der Waals surface area contributed by atoms with Crippen molar-refractivity contribution in [2.75, 3.05) is 20.3 Å². The fourth-order valence-electron chi connectivity index (χ4n) is 2.33. The first kappa shape index (κ1) is 16.7. The average Bonchev–Trinajstić information content (AvgIpc) is 2.27. The number of primary amides is 1. The highest BCUT2D eigenvalue weighted by Crippen LogP contribution is 2.28. The van der Waals surface area contributed by atoms with Gasteiger partial charge in [0.25, 0.3) is 0 Å². The number of rotatable bonds is 6. The predicted molar refractivity (Wildman–Crippen MR) is 71.2 cm³/mol. The standard InChI is InChI=1S/C12H24N2O2.ClH/c1-9(8-16-2)14-7-10-3-5-11(6-4-10)12(13)15;/h9-11,14H,3-8H2,1-2H3,(H2,13,15);1H. The van der Waals surface area contributed by atoms with Gasteiger partial charge in [-0.25, -0.2) is 0 Å². The van der Waals surface area contributed by atoms with E-state index >= 15 is 0 Å². The van der Waals surface area contributed by atoms with Crippen LogP contribution in [0.25, 0.3) is 0 Å². The molecule has 3 N–H and O–H groups in total. The Morgan fingerprint density at radius 1 is 1.41 bits per heavy atom. The van der Waals surface area contributed by atoms with Crippen LogP contribution in [0.4, 0.5) is 0 Å². The molecule has 5 heteroatoms. The number of carbonyl (C=O) groups is 1. The number of carbonyl (C=O) groups excluding carboxylic acids is 1. The second-order valence-corrected chi connectivity index (χ2v) is 4.88. The van der Waals surface area contributed by atoms with Gasteiger partial charge < -0.3 is 15.8 Å². The van der Waals surface area contributed by atoms with E-state index in [0.717, 1.165) is 38.8 Å². The van der Waals surface area contributed by atoms with Crippen molar-refractivity contribution in [3.05, 3.63) is 0 Å². The highest BCUT2D eigenvalue weighted by atomic mass is 35.5. The lowest BCUT2D eigenvalue weighted by Crippen LogP contribution is -2.36. The van der Waals surface area contributed by atoms with E-state index in [1.54, 1.807) is 7.11 Å². The summed E-state index contributed by atoms with van der Waals surface area (Å²) in [4.78, 5) is 11.0.